The molecule has 0 radical (unpaired) electrons. The third kappa shape index (κ3) is 19.3. The third-order valence-electron chi connectivity index (χ3n) is 5.62. The van der Waals surface area contributed by atoms with Crippen LogP contribution in [0.25, 0.3) is 0 Å². The van der Waals surface area contributed by atoms with Gasteiger partial charge in [0.1, 0.15) is 0 Å². The van der Waals surface area contributed by atoms with Crippen LogP contribution >= 0.6 is 0 Å². The van der Waals surface area contributed by atoms with E-state index in [0.717, 1.165) is 32.0 Å². The molecule has 0 unspecified atom stereocenters. The molecule has 0 heterocycles. The number of rotatable bonds is 19. The zero-order valence-corrected chi connectivity index (χ0v) is 28.8. The normalized spacial score (nSPS) is 11.8. The summed E-state index contributed by atoms with van der Waals surface area (Å²) in [7, 11) is -4.25. The topological polar surface area (TPSA) is 193 Å². The molecule has 41 heavy (non-hydrogen) atoms. The van der Waals surface area contributed by atoms with Crippen LogP contribution < -0.4 is 31.9 Å². The molecule has 6 N–H and O–H groups in total. The van der Waals surface area contributed by atoms with Crippen LogP contribution in [0.4, 0.5) is 0 Å². The maximum atomic E-state index is 12.1. The fourth-order valence-corrected chi connectivity index (χ4v) is 18.1. The highest BCUT2D eigenvalue weighted by atomic mass is 28.5. The Morgan fingerprint density at radius 3 is 1.17 bits per heavy atom. The highest BCUT2D eigenvalue weighted by Crippen LogP contribution is 2.25. The second-order valence-corrected chi connectivity index (χ2v) is 23.7. The van der Waals surface area contributed by atoms with Gasteiger partial charge in [0.2, 0.25) is 5.78 Å². The van der Waals surface area contributed by atoms with Crippen LogP contribution in [-0.2, 0) is 37.0 Å². The molecule has 0 aromatic carbocycles. The van der Waals surface area contributed by atoms with E-state index in [-0.39, 0.29) is 26.2 Å². The number of Topliss-reactive ketones (excluding diaryl/α,β-unsaturated/α-hetero) is 1. The van der Waals surface area contributed by atoms with Gasteiger partial charge in [0.25, 0.3) is 5.91 Å². The summed E-state index contributed by atoms with van der Waals surface area (Å²) in [5.41, 5.74) is 0. The van der Waals surface area contributed by atoms with Crippen molar-refractivity contribution in [3.63, 3.8) is 0 Å². The molecular weight excluding hydrogens is 585 g/mol. The Hall–Kier alpha value is -2.45. The zero-order chi connectivity index (χ0) is 31.7. The largest absolute Gasteiger partial charge is 0.437 e. The lowest BCUT2D eigenvalue weighted by Crippen LogP contribution is -2.52. The maximum absolute atomic E-state index is 12.1. The predicted octanol–water partition coefficient (Wildman–Crippen LogP) is -0.699. The second-order valence-electron chi connectivity index (χ2n) is 11.3. The minimum Gasteiger partial charge on any atom is -0.437 e. The Morgan fingerprint density at radius 2 is 0.829 bits per heavy atom. The van der Waals surface area contributed by atoms with E-state index in [2.05, 4.69) is 71.2 Å². The molecule has 0 aliphatic heterocycles. The molecule has 0 aliphatic carbocycles. The summed E-state index contributed by atoms with van der Waals surface area (Å²) in [6, 6.07) is 1.87. The van der Waals surface area contributed by atoms with Gasteiger partial charge < -0.3 is 40.1 Å². The average molecular weight is 635 g/mol. The van der Waals surface area contributed by atoms with Gasteiger partial charge >= 0.3 is 32.2 Å². The van der Waals surface area contributed by atoms with Crippen molar-refractivity contribution in [1.82, 2.24) is 31.9 Å². The standard InChI is InChI=1S/C24H50N6O8Si3/c1-19(31)20(32)27-13-14-28-23(35)24(36)30-16-15-29-22(34)21(33)26-12-10-18-40(5,6)38-41(7,8)37-39(3,4)17-9-11-25-2/h25H,9-18H2,1-8H3,(H,26,33)(H,27,32)(H,28,35)(H,29,34)(H,30,36). The van der Waals surface area contributed by atoms with E-state index in [4.69, 9.17) is 8.23 Å². The van der Waals surface area contributed by atoms with Gasteiger partial charge in [-0.15, -0.1) is 0 Å². The first-order valence-corrected chi connectivity index (χ1v) is 22.9. The molecule has 0 spiro atoms. The molecule has 0 bridgehead atoms. The van der Waals surface area contributed by atoms with Crippen molar-refractivity contribution in [2.45, 2.75) is 71.1 Å². The second kappa shape index (κ2) is 18.9. The molecule has 0 saturated heterocycles. The van der Waals surface area contributed by atoms with E-state index in [9.17, 15) is 28.8 Å². The summed E-state index contributed by atoms with van der Waals surface area (Å²) in [6.45, 7) is 15.1. The van der Waals surface area contributed by atoms with Crippen molar-refractivity contribution in [1.29, 1.82) is 0 Å². The van der Waals surface area contributed by atoms with E-state index < -0.39 is 60.5 Å². The van der Waals surface area contributed by atoms with Gasteiger partial charge in [-0.3, -0.25) is 28.8 Å². The Labute approximate surface area is 246 Å². The molecule has 236 valence electrons. The molecule has 0 rings (SSSR count). The molecule has 17 heteroatoms. The van der Waals surface area contributed by atoms with Crippen LogP contribution in [0.5, 0.6) is 0 Å². The lowest BCUT2D eigenvalue weighted by atomic mass is 10.4. The fourth-order valence-electron chi connectivity index (χ4n) is 4.01. The molecule has 0 aromatic heterocycles. The van der Waals surface area contributed by atoms with Gasteiger partial charge in [-0.25, -0.2) is 0 Å². The third-order valence-corrected chi connectivity index (χ3v) is 17.1. The fraction of sp³-hybridized carbons (Fsp3) is 0.750. The number of carbonyl (C=O) groups is 6. The molecule has 0 saturated carbocycles. The van der Waals surface area contributed by atoms with E-state index in [1.165, 1.54) is 0 Å². The van der Waals surface area contributed by atoms with Crippen LogP contribution in [0.3, 0.4) is 0 Å². The predicted molar refractivity (Wildman–Crippen MR) is 163 cm³/mol. The average Bonchev–Trinajstić information content (AvgIpc) is 2.84. The van der Waals surface area contributed by atoms with Gasteiger partial charge in [-0.2, -0.15) is 0 Å². The van der Waals surface area contributed by atoms with Crippen molar-refractivity contribution >= 4 is 60.5 Å². The van der Waals surface area contributed by atoms with E-state index >= 15 is 0 Å². The summed E-state index contributed by atoms with van der Waals surface area (Å²) in [6.07, 6.45) is 1.74. The summed E-state index contributed by atoms with van der Waals surface area (Å²) < 4.78 is 13.1. The lowest BCUT2D eigenvalue weighted by molar-refractivity contribution is -0.139. The Kier molecular flexibility index (Phi) is 17.7. The van der Waals surface area contributed by atoms with Crippen molar-refractivity contribution in [2.75, 3.05) is 46.3 Å². The van der Waals surface area contributed by atoms with Crippen LogP contribution in [-0.4, -0.2) is 107 Å². The van der Waals surface area contributed by atoms with Gasteiger partial charge in [0.15, 0.2) is 16.6 Å². The summed E-state index contributed by atoms with van der Waals surface area (Å²) in [5.74, 6) is -4.95. The molecule has 0 aromatic rings. The SMILES string of the molecule is CNCCC[Si](C)(C)O[Si](C)(C)O[Si](C)(C)CCCNC(=O)C(=O)NCCNC(=O)C(=O)NCCNC(=O)C(C)=O. The van der Waals surface area contributed by atoms with Gasteiger partial charge in [0.05, 0.1) is 0 Å². The smallest absolute Gasteiger partial charge is 0.311 e. The number of carbonyl (C=O) groups excluding carboxylic acids is 6. The van der Waals surface area contributed by atoms with Gasteiger partial charge in [-0.05, 0) is 77.8 Å². The quantitative estimate of drug-likeness (QED) is 0.0606. The summed E-state index contributed by atoms with van der Waals surface area (Å²) in [4.78, 5) is 69.4. The van der Waals surface area contributed by atoms with Crippen LogP contribution in [0, 0.1) is 0 Å². The number of hydrogen-bond acceptors (Lipinski definition) is 9. The van der Waals surface area contributed by atoms with Crippen molar-refractivity contribution < 1.29 is 37.0 Å². The van der Waals surface area contributed by atoms with Crippen LogP contribution in [0.1, 0.15) is 19.8 Å². The van der Waals surface area contributed by atoms with Crippen molar-refractivity contribution in [3.8, 4) is 0 Å². The molecule has 0 fully saturated rings. The van der Waals surface area contributed by atoms with E-state index in [1.807, 2.05) is 7.05 Å². The molecule has 14 nitrogen and oxygen atoms in total. The first-order valence-electron chi connectivity index (χ1n) is 13.9. The lowest BCUT2D eigenvalue weighted by Gasteiger charge is -2.38. The molecule has 5 amide bonds. The first kappa shape index (κ1) is 38.6. The van der Waals surface area contributed by atoms with E-state index in [0.29, 0.717) is 13.0 Å². The monoisotopic (exact) mass is 634 g/mol. The van der Waals surface area contributed by atoms with Crippen LogP contribution in [0.2, 0.25) is 51.4 Å². The van der Waals surface area contributed by atoms with Crippen LogP contribution in [0.15, 0.2) is 0 Å². The number of nitrogens with one attached hydrogen (secondary N) is 6. The van der Waals surface area contributed by atoms with E-state index in [1.54, 1.807) is 0 Å². The molecular formula is C24H50N6O8Si3. The van der Waals surface area contributed by atoms with Crippen molar-refractivity contribution in [2.24, 2.45) is 0 Å². The number of amides is 5. The molecule has 0 atom stereocenters. The van der Waals surface area contributed by atoms with Gasteiger partial charge in [-0.1, -0.05) is 0 Å². The highest BCUT2D eigenvalue weighted by molar-refractivity contribution is 6.87. The highest BCUT2D eigenvalue weighted by Gasteiger charge is 2.39. The Balaban J connectivity index is 4.22. The Morgan fingerprint density at radius 1 is 0.512 bits per heavy atom. The number of ketones is 1. The first-order chi connectivity index (χ1) is 18.9. The maximum Gasteiger partial charge on any atom is 0.311 e. The minimum absolute atomic E-state index is 0.0133. The van der Waals surface area contributed by atoms with Crippen molar-refractivity contribution in [3.05, 3.63) is 0 Å². The zero-order valence-electron chi connectivity index (χ0n) is 25.8. The van der Waals surface area contributed by atoms with Gasteiger partial charge in [0, 0.05) is 39.6 Å². The minimum atomic E-state index is -2.31. The molecule has 0 aliphatic rings. The Bertz CT molecular complexity index is 918. The summed E-state index contributed by atoms with van der Waals surface area (Å²) >= 11 is 0. The summed E-state index contributed by atoms with van der Waals surface area (Å²) in [5, 5.41) is 15.0. The number of hydrogen-bond donors (Lipinski definition) is 6.